The molecular formula is C17H16F3NO3S. The second-order valence-corrected chi connectivity index (χ2v) is 6.25. The molecule has 0 atom stereocenters. The van der Waals surface area contributed by atoms with Crippen molar-refractivity contribution in [1.82, 2.24) is 4.90 Å². The first kappa shape index (κ1) is 19.0. The molecule has 1 aromatic heterocycles. The average molecular weight is 371 g/mol. The molecule has 0 unspecified atom stereocenters. The quantitative estimate of drug-likeness (QED) is 0.805. The first-order chi connectivity index (χ1) is 11.8. The van der Waals surface area contributed by atoms with Crippen molar-refractivity contribution in [2.75, 3.05) is 6.54 Å². The van der Waals surface area contributed by atoms with E-state index in [-0.39, 0.29) is 18.9 Å². The summed E-state index contributed by atoms with van der Waals surface area (Å²) in [6.45, 7) is -0.545. The molecule has 0 radical (unpaired) electrons. The lowest BCUT2D eigenvalue weighted by atomic mass is 10.1. The number of thiophene rings is 1. The Bertz CT molecular complexity index is 712. The van der Waals surface area contributed by atoms with E-state index in [0.29, 0.717) is 12.0 Å². The third kappa shape index (κ3) is 5.90. The Balaban J connectivity index is 2.03. The van der Waals surface area contributed by atoms with Crippen LogP contribution in [0.15, 0.2) is 41.1 Å². The van der Waals surface area contributed by atoms with Crippen molar-refractivity contribution in [3.8, 4) is 0 Å². The molecule has 1 amide bonds. The first-order valence-electron chi connectivity index (χ1n) is 7.42. The number of alkyl halides is 3. The maximum absolute atomic E-state index is 12.6. The van der Waals surface area contributed by atoms with Crippen LogP contribution in [0, 0.1) is 0 Å². The summed E-state index contributed by atoms with van der Waals surface area (Å²) in [6.07, 6.45) is -3.80. The third-order valence-corrected chi connectivity index (χ3v) is 4.27. The van der Waals surface area contributed by atoms with Crippen molar-refractivity contribution >= 4 is 23.2 Å². The summed E-state index contributed by atoms with van der Waals surface area (Å²) in [5.74, 6) is -1.52. The van der Waals surface area contributed by atoms with Crippen LogP contribution >= 0.6 is 11.3 Å². The summed E-state index contributed by atoms with van der Waals surface area (Å²) in [4.78, 5) is 24.4. The predicted octanol–water partition coefficient (Wildman–Crippen LogP) is 3.81. The van der Waals surface area contributed by atoms with Crippen molar-refractivity contribution in [2.45, 2.75) is 25.6 Å². The maximum atomic E-state index is 12.6. The Morgan fingerprint density at radius 1 is 1.08 bits per heavy atom. The number of halogens is 3. The normalized spacial score (nSPS) is 11.3. The maximum Gasteiger partial charge on any atom is 0.416 e. The van der Waals surface area contributed by atoms with E-state index in [1.54, 1.807) is 0 Å². The zero-order chi connectivity index (χ0) is 18.4. The van der Waals surface area contributed by atoms with Crippen LogP contribution in [-0.2, 0) is 28.7 Å². The highest BCUT2D eigenvalue weighted by Crippen LogP contribution is 2.29. The van der Waals surface area contributed by atoms with Gasteiger partial charge in [0, 0.05) is 13.0 Å². The molecule has 0 aliphatic carbocycles. The molecule has 2 rings (SSSR count). The number of carbonyl (C=O) groups excluding carboxylic acids is 1. The minimum Gasteiger partial charge on any atom is -0.480 e. The number of benzene rings is 1. The molecule has 1 N–H and O–H groups in total. The number of aliphatic carboxylic acids is 1. The number of hydrogen-bond donors (Lipinski definition) is 1. The van der Waals surface area contributed by atoms with Crippen LogP contribution < -0.4 is 0 Å². The van der Waals surface area contributed by atoms with Crippen LogP contribution in [0.4, 0.5) is 13.2 Å². The lowest BCUT2D eigenvalue weighted by molar-refractivity contribution is -0.144. The molecule has 1 aromatic carbocycles. The fourth-order valence-electron chi connectivity index (χ4n) is 2.26. The zero-order valence-corrected chi connectivity index (χ0v) is 13.9. The van der Waals surface area contributed by atoms with Gasteiger partial charge in [-0.05, 0) is 46.5 Å². The summed E-state index contributed by atoms with van der Waals surface area (Å²) >= 11 is 1.51. The first-order valence-corrected chi connectivity index (χ1v) is 8.37. The van der Waals surface area contributed by atoms with E-state index in [0.717, 1.165) is 22.6 Å². The second kappa shape index (κ2) is 8.15. The van der Waals surface area contributed by atoms with Crippen LogP contribution in [-0.4, -0.2) is 28.4 Å². The van der Waals surface area contributed by atoms with Gasteiger partial charge < -0.3 is 10.0 Å². The van der Waals surface area contributed by atoms with Crippen molar-refractivity contribution in [3.05, 3.63) is 57.8 Å². The molecule has 134 valence electrons. The van der Waals surface area contributed by atoms with Gasteiger partial charge in [-0.2, -0.15) is 24.5 Å². The number of carbonyl (C=O) groups is 2. The molecule has 8 heteroatoms. The van der Waals surface area contributed by atoms with Crippen LogP contribution in [0.5, 0.6) is 0 Å². The lowest BCUT2D eigenvalue weighted by Crippen LogP contribution is -2.35. The molecule has 0 spiro atoms. The smallest absolute Gasteiger partial charge is 0.416 e. The van der Waals surface area contributed by atoms with Gasteiger partial charge in [0.05, 0.1) is 5.56 Å². The minimum atomic E-state index is -4.43. The monoisotopic (exact) mass is 371 g/mol. The standard InChI is InChI=1S/C17H16F3NO3S/c18-17(19,20)14-4-1-12(2-5-14)9-21(10-16(23)24)15(22)6-3-13-7-8-25-11-13/h1-2,4-5,7-8,11H,3,6,9-10H2,(H,23,24). The van der Waals surface area contributed by atoms with Gasteiger partial charge in [0.15, 0.2) is 0 Å². The topological polar surface area (TPSA) is 57.6 Å². The lowest BCUT2D eigenvalue weighted by Gasteiger charge is -2.21. The summed E-state index contributed by atoms with van der Waals surface area (Å²) in [5.41, 5.74) is 0.645. The van der Waals surface area contributed by atoms with Crippen LogP contribution in [0.1, 0.15) is 23.1 Å². The summed E-state index contributed by atoms with van der Waals surface area (Å²) in [5, 5.41) is 12.8. The predicted molar refractivity (Wildman–Crippen MR) is 87.1 cm³/mol. The van der Waals surface area contributed by atoms with Gasteiger partial charge in [0.25, 0.3) is 0 Å². The molecule has 0 aliphatic heterocycles. The molecule has 1 heterocycles. The third-order valence-electron chi connectivity index (χ3n) is 3.54. The fraction of sp³-hybridized carbons (Fsp3) is 0.294. The van der Waals surface area contributed by atoms with Gasteiger partial charge in [0.2, 0.25) is 5.91 Å². The van der Waals surface area contributed by atoms with E-state index in [4.69, 9.17) is 5.11 Å². The van der Waals surface area contributed by atoms with Crippen LogP contribution in [0.3, 0.4) is 0 Å². The number of amides is 1. The van der Waals surface area contributed by atoms with E-state index in [9.17, 15) is 22.8 Å². The Hall–Kier alpha value is -2.35. The van der Waals surface area contributed by atoms with E-state index in [1.807, 2.05) is 16.8 Å². The van der Waals surface area contributed by atoms with Crippen molar-refractivity contribution in [3.63, 3.8) is 0 Å². The molecule has 0 bridgehead atoms. The average Bonchev–Trinajstić information content (AvgIpc) is 3.04. The fourth-order valence-corrected chi connectivity index (χ4v) is 2.96. The summed E-state index contributed by atoms with van der Waals surface area (Å²) in [6, 6.07) is 6.23. The highest BCUT2D eigenvalue weighted by molar-refractivity contribution is 7.07. The molecule has 0 aliphatic rings. The van der Waals surface area contributed by atoms with Crippen molar-refractivity contribution in [2.24, 2.45) is 0 Å². The molecule has 2 aromatic rings. The van der Waals surface area contributed by atoms with Crippen molar-refractivity contribution < 1.29 is 27.9 Å². The molecule has 4 nitrogen and oxygen atoms in total. The Labute approximate surface area is 146 Å². The van der Waals surface area contributed by atoms with Gasteiger partial charge in [-0.25, -0.2) is 0 Å². The minimum absolute atomic E-state index is 0.0487. The number of carboxylic acid groups (broad SMARTS) is 1. The molecule has 0 saturated carbocycles. The zero-order valence-electron chi connectivity index (χ0n) is 13.1. The van der Waals surface area contributed by atoms with Gasteiger partial charge in [-0.3, -0.25) is 9.59 Å². The molecule has 0 saturated heterocycles. The van der Waals surface area contributed by atoms with E-state index in [1.165, 1.54) is 23.5 Å². The van der Waals surface area contributed by atoms with Crippen LogP contribution in [0.2, 0.25) is 0 Å². The van der Waals surface area contributed by atoms with Gasteiger partial charge >= 0.3 is 12.1 Å². The molecule has 25 heavy (non-hydrogen) atoms. The van der Waals surface area contributed by atoms with Crippen LogP contribution in [0.25, 0.3) is 0 Å². The molecular weight excluding hydrogens is 355 g/mol. The Morgan fingerprint density at radius 3 is 2.28 bits per heavy atom. The van der Waals surface area contributed by atoms with Gasteiger partial charge in [0.1, 0.15) is 6.54 Å². The number of aryl methyl sites for hydroxylation is 1. The van der Waals surface area contributed by atoms with Gasteiger partial charge in [-0.1, -0.05) is 12.1 Å². The van der Waals surface area contributed by atoms with Crippen molar-refractivity contribution in [1.29, 1.82) is 0 Å². The largest absolute Gasteiger partial charge is 0.480 e. The number of carboxylic acids is 1. The van der Waals surface area contributed by atoms with Gasteiger partial charge in [-0.15, -0.1) is 0 Å². The SMILES string of the molecule is O=C(O)CN(Cc1ccc(C(F)(F)F)cc1)C(=O)CCc1ccsc1. The Morgan fingerprint density at radius 2 is 1.76 bits per heavy atom. The second-order valence-electron chi connectivity index (χ2n) is 5.47. The summed E-state index contributed by atoms with van der Waals surface area (Å²) < 4.78 is 37.7. The number of rotatable bonds is 7. The summed E-state index contributed by atoms with van der Waals surface area (Å²) in [7, 11) is 0. The van der Waals surface area contributed by atoms with E-state index >= 15 is 0 Å². The molecule has 0 fully saturated rings. The Kier molecular flexibility index (Phi) is 6.19. The van der Waals surface area contributed by atoms with E-state index < -0.39 is 24.3 Å². The highest BCUT2D eigenvalue weighted by Gasteiger charge is 2.30. The van der Waals surface area contributed by atoms with E-state index in [2.05, 4.69) is 0 Å². The number of nitrogens with zero attached hydrogens (tertiary/aromatic N) is 1. The number of hydrogen-bond acceptors (Lipinski definition) is 3. The highest BCUT2D eigenvalue weighted by atomic mass is 32.1.